The number of carbonyl (C=O) groups excluding carboxylic acids is 3. The molecule has 2 amide bonds. The molecule has 1 saturated carbocycles. The first-order valence-corrected chi connectivity index (χ1v) is 13.0. The molecular formula is C27H33N7O4. The number of nitrogens with one attached hydrogen (secondary N) is 1. The van der Waals surface area contributed by atoms with Gasteiger partial charge in [0.25, 0.3) is 0 Å². The number of piperidine rings is 1. The molecule has 3 atom stereocenters. The van der Waals surface area contributed by atoms with Crippen molar-refractivity contribution in [2.45, 2.75) is 72.2 Å². The second kappa shape index (κ2) is 10.1. The molecule has 0 spiro atoms. The number of aromatic nitrogens is 5. The van der Waals surface area contributed by atoms with Crippen LogP contribution in [0.5, 0.6) is 5.88 Å². The van der Waals surface area contributed by atoms with Crippen LogP contribution in [0.2, 0.25) is 0 Å². The molecule has 38 heavy (non-hydrogen) atoms. The van der Waals surface area contributed by atoms with Gasteiger partial charge in [-0.2, -0.15) is 5.10 Å². The number of pyridine rings is 1. The molecule has 1 unspecified atom stereocenters. The number of hydrogen-bond donors (Lipinski definition) is 1. The summed E-state index contributed by atoms with van der Waals surface area (Å²) in [5, 5.41) is 8.01. The van der Waals surface area contributed by atoms with Gasteiger partial charge in [0.05, 0.1) is 11.7 Å². The predicted octanol–water partition coefficient (Wildman–Crippen LogP) is 2.54. The zero-order valence-corrected chi connectivity index (χ0v) is 22.2. The molecule has 11 nitrogen and oxygen atoms in total. The summed E-state index contributed by atoms with van der Waals surface area (Å²) in [4.78, 5) is 53.1. The number of rotatable bonds is 9. The van der Waals surface area contributed by atoms with Crippen molar-refractivity contribution in [3.05, 3.63) is 42.2 Å². The quantitative estimate of drug-likeness (QED) is 0.427. The maximum absolute atomic E-state index is 13.5. The molecular weight excluding hydrogens is 486 g/mol. The molecule has 0 aromatic carbocycles. The minimum absolute atomic E-state index is 0.0848. The van der Waals surface area contributed by atoms with Gasteiger partial charge in [-0.1, -0.05) is 20.8 Å². The fourth-order valence-corrected chi connectivity index (χ4v) is 4.99. The van der Waals surface area contributed by atoms with Crippen molar-refractivity contribution in [2.24, 2.45) is 11.3 Å². The largest absolute Gasteiger partial charge is 0.469 e. The molecule has 0 radical (unpaired) electrons. The van der Waals surface area contributed by atoms with E-state index in [4.69, 9.17) is 4.74 Å². The van der Waals surface area contributed by atoms with Crippen LogP contribution in [-0.4, -0.2) is 65.9 Å². The summed E-state index contributed by atoms with van der Waals surface area (Å²) in [6.07, 6.45) is 7.26. The van der Waals surface area contributed by atoms with Gasteiger partial charge in [-0.05, 0) is 36.7 Å². The molecule has 2 fully saturated rings. The summed E-state index contributed by atoms with van der Waals surface area (Å²) in [5.41, 5.74) is 0.896. The number of likely N-dealkylation sites (tertiary alicyclic amines) is 1. The number of amides is 2. The van der Waals surface area contributed by atoms with E-state index in [-0.39, 0.29) is 47.9 Å². The molecule has 4 heterocycles. The Morgan fingerprint density at radius 1 is 1.13 bits per heavy atom. The van der Waals surface area contributed by atoms with E-state index in [9.17, 15) is 14.4 Å². The summed E-state index contributed by atoms with van der Waals surface area (Å²) in [6.45, 7) is 8.44. The molecule has 200 valence electrons. The summed E-state index contributed by atoms with van der Waals surface area (Å²) in [7, 11) is 0. The minimum atomic E-state index is -0.473. The Morgan fingerprint density at radius 2 is 1.89 bits per heavy atom. The van der Waals surface area contributed by atoms with Crippen LogP contribution >= 0.6 is 0 Å². The van der Waals surface area contributed by atoms with E-state index in [2.05, 4.69) is 46.1 Å². The minimum Gasteiger partial charge on any atom is -0.469 e. The lowest BCUT2D eigenvalue weighted by Crippen LogP contribution is -2.49. The van der Waals surface area contributed by atoms with E-state index in [1.54, 1.807) is 35.6 Å². The van der Waals surface area contributed by atoms with E-state index in [0.717, 1.165) is 12.8 Å². The zero-order chi connectivity index (χ0) is 27.0. The lowest BCUT2D eigenvalue weighted by atomic mass is 9.92. The number of nitrogens with zero attached hydrogens (tertiary/aromatic N) is 6. The van der Waals surface area contributed by atoms with Gasteiger partial charge in [0.2, 0.25) is 17.7 Å². The van der Waals surface area contributed by atoms with Gasteiger partial charge in [-0.25, -0.2) is 15.0 Å². The van der Waals surface area contributed by atoms with E-state index in [0.29, 0.717) is 41.5 Å². The van der Waals surface area contributed by atoms with Crippen LogP contribution in [0, 0.1) is 11.3 Å². The molecule has 3 aromatic heterocycles. The van der Waals surface area contributed by atoms with Gasteiger partial charge in [0, 0.05) is 43.4 Å². The lowest BCUT2D eigenvalue weighted by molar-refractivity contribution is -0.140. The zero-order valence-electron chi connectivity index (χ0n) is 22.2. The SMILES string of the molecule is CC(=O)c1nn(CC(=O)N2C3C[C@@H]3C[C@H]2C(=O)NCCC(C)(C)C)c2cnc(OCc3ncccn3)cc12. The number of hydrogen-bond acceptors (Lipinski definition) is 8. The van der Waals surface area contributed by atoms with Gasteiger partial charge >= 0.3 is 0 Å². The molecule has 1 N–H and O–H groups in total. The van der Waals surface area contributed by atoms with Crippen molar-refractivity contribution in [2.75, 3.05) is 6.54 Å². The molecule has 3 aromatic rings. The van der Waals surface area contributed by atoms with E-state index in [1.807, 2.05) is 0 Å². The Morgan fingerprint density at radius 3 is 2.61 bits per heavy atom. The highest BCUT2D eigenvalue weighted by Crippen LogP contribution is 2.48. The normalized spacial score (nSPS) is 20.3. The fraction of sp³-hybridized carbons (Fsp3) is 0.519. The summed E-state index contributed by atoms with van der Waals surface area (Å²) in [5.74, 6) is 0.648. The van der Waals surface area contributed by atoms with E-state index in [1.165, 1.54) is 11.6 Å². The van der Waals surface area contributed by atoms with E-state index >= 15 is 0 Å². The van der Waals surface area contributed by atoms with Gasteiger partial charge in [-0.15, -0.1) is 0 Å². The van der Waals surface area contributed by atoms with Crippen molar-refractivity contribution in [3.8, 4) is 5.88 Å². The third kappa shape index (κ3) is 5.51. The predicted molar refractivity (Wildman–Crippen MR) is 138 cm³/mol. The van der Waals surface area contributed by atoms with Gasteiger partial charge in [0.15, 0.2) is 11.6 Å². The third-order valence-corrected chi connectivity index (χ3v) is 7.07. The Bertz CT molecular complexity index is 1360. The Balaban J connectivity index is 1.31. The van der Waals surface area contributed by atoms with Crippen LogP contribution in [0.25, 0.3) is 10.9 Å². The molecule has 1 saturated heterocycles. The average molecular weight is 520 g/mol. The van der Waals surface area contributed by atoms with Crippen LogP contribution in [0.15, 0.2) is 30.7 Å². The molecule has 1 aliphatic carbocycles. The highest BCUT2D eigenvalue weighted by molar-refractivity contribution is 6.05. The Hall–Kier alpha value is -3.89. The van der Waals surface area contributed by atoms with Gasteiger partial charge in [-0.3, -0.25) is 19.1 Å². The van der Waals surface area contributed by atoms with Crippen molar-refractivity contribution in [3.63, 3.8) is 0 Å². The number of fused-ring (bicyclic) bond motifs is 2. The Kier molecular flexibility index (Phi) is 6.85. The molecule has 2 aliphatic rings. The highest BCUT2D eigenvalue weighted by Gasteiger charge is 2.55. The van der Waals surface area contributed by atoms with Crippen LogP contribution in [0.3, 0.4) is 0 Å². The highest BCUT2D eigenvalue weighted by atomic mass is 16.5. The number of ketones is 1. The fourth-order valence-electron chi connectivity index (χ4n) is 4.99. The first kappa shape index (κ1) is 25.7. The monoisotopic (exact) mass is 519 g/mol. The van der Waals surface area contributed by atoms with Crippen LogP contribution in [0.1, 0.15) is 63.3 Å². The average Bonchev–Trinajstić information content (AvgIpc) is 3.38. The number of Topliss-reactive ketones (excluding diaryl/α,β-unsaturated/α-hetero) is 1. The Labute approximate surface area is 221 Å². The second-order valence-corrected chi connectivity index (χ2v) is 11.3. The third-order valence-electron chi connectivity index (χ3n) is 7.07. The number of ether oxygens (including phenoxy) is 1. The van der Waals surface area contributed by atoms with Crippen molar-refractivity contribution in [1.82, 2.24) is 34.9 Å². The van der Waals surface area contributed by atoms with Crippen molar-refractivity contribution < 1.29 is 19.1 Å². The number of carbonyl (C=O) groups is 3. The summed E-state index contributed by atoms with van der Waals surface area (Å²) in [6, 6.07) is 2.98. The van der Waals surface area contributed by atoms with Gasteiger partial charge in [0.1, 0.15) is 24.9 Å². The lowest BCUT2D eigenvalue weighted by Gasteiger charge is -2.27. The van der Waals surface area contributed by atoms with Crippen LogP contribution < -0.4 is 10.1 Å². The molecule has 0 bridgehead atoms. The summed E-state index contributed by atoms with van der Waals surface area (Å²) < 4.78 is 7.21. The topological polar surface area (TPSA) is 132 Å². The first-order chi connectivity index (χ1) is 18.1. The van der Waals surface area contributed by atoms with Crippen molar-refractivity contribution in [1.29, 1.82) is 0 Å². The summed E-state index contributed by atoms with van der Waals surface area (Å²) >= 11 is 0. The first-order valence-electron chi connectivity index (χ1n) is 13.0. The molecule has 11 heteroatoms. The second-order valence-electron chi connectivity index (χ2n) is 11.3. The van der Waals surface area contributed by atoms with E-state index < -0.39 is 6.04 Å². The van der Waals surface area contributed by atoms with Crippen molar-refractivity contribution >= 4 is 28.5 Å². The van der Waals surface area contributed by atoms with Crippen LogP contribution in [-0.2, 0) is 22.7 Å². The van der Waals surface area contributed by atoms with Crippen LogP contribution in [0.4, 0.5) is 0 Å². The smallest absolute Gasteiger partial charge is 0.245 e. The maximum Gasteiger partial charge on any atom is 0.245 e. The molecule has 1 aliphatic heterocycles. The maximum atomic E-state index is 13.5. The van der Waals surface area contributed by atoms with Gasteiger partial charge < -0.3 is 15.0 Å². The molecule has 5 rings (SSSR count). The standard InChI is InChI=1S/C27H33N7O4/c1-16(35)25-18-12-23(38-15-22-28-7-5-8-29-22)31-13-21(18)33(32-25)14-24(36)34-19-10-17(19)11-20(34)26(37)30-9-6-27(2,3)4/h5,7-8,12-13,17,19-20H,6,9-11,14-15H2,1-4H3,(H,30,37)/t17-,19?,20+/m1/s1.